The predicted molar refractivity (Wildman–Crippen MR) is 113 cm³/mol. The highest BCUT2D eigenvalue weighted by atomic mass is 127. The first-order chi connectivity index (χ1) is 10.7. The van der Waals surface area contributed by atoms with Crippen LogP contribution in [0, 0.1) is 0 Å². The molecule has 0 saturated carbocycles. The molecule has 1 amide bonds. The first kappa shape index (κ1) is 26.4. The molecule has 0 fully saturated rings. The first-order valence-corrected chi connectivity index (χ1v) is 9.93. The molecular weight excluding hydrogens is 459 g/mol. The lowest BCUT2D eigenvalue weighted by atomic mass is 10.1. The van der Waals surface area contributed by atoms with Crippen LogP contribution in [0.1, 0.15) is 41.0 Å². The van der Waals surface area contributed by atoms with Crippen molar-refractivity contribution in [3.63, 3.8) is 0 Å². The number of halogens is 1. The molecule has 8 nitrogen and oxygen atoms in total. The minimum atomic E-state index is -2.95. The summed E-state index contributed by atoms with van der Waals surface area (Å²) in [6.07, 6.45) is 1.23. The molecule has 150 valence electrons. The van der Waals surface area contributed by atoms with Gasteiger partial charge in [-0.2, -0.15) is 0 Å². The largest absolute Gasteiger partial charge is 0.444 e. The Morgan fingerprint density at radius 3 is 2.12 bits per heavy atom. The van der Waals surface area contributed by atoms with Gasteiger partial charge in [0, 0.05) is 26.4 Å². The number of aliphatic imine (C=N–C) groups is 1. The summed E-state index contributed by atoms with van der Waals surface area (Å²) >= 11 is 0. The average Bonchev–Trinajstić information content (AvgIpc) is 2.33. The second-order valence-corrected chi connectivity index (χ2v) is 9.61. The van der Waals surface area contributed by atoms with Gasteiger partial charge in [0.15, 0.2) is 5.96 Å². The molecule has 0 bridgehead atoms. The molecule has 10 heteroatoms. The molecule has 0 radical (unpaired) electrons. The van der Waals surface area contributed by atoms with Gasteiger partial charge in [-0.1, -0.05) is 0 Å². The lowest BCUT2D eigenvalue weighted by molar-refractivity contribution is 0.0474. The maximum atomic E-state index is 11.8. The number of alkyl carbamates (subject to hydrolysis) is 1. The van der Waals surface area contributed by atoms with Crippen LogP contribution in [0.2, 0.25) is 0 Å². The fraction of sp³-hybridized carbons (Fsp3) is 0.867. The third kappa shape index (κ3) is 16.4. The number of ether oxygens (including phenoxy) is 1. The summed E-state index contributed by atoms with van der Waals surface area (Å²) in [5.41, 5.74) is -1.10. The second-order valence-electron chi connectivity index (χ2n) is 7.35. The van der Waals surface area contributed by atoms with Gasteiger partial charge in [0.05, 0.1) is 11.3 Å². The highest BCUT2D eigenvalue weighted by Gasteiger charge is 2.24. The van der Waals surface area contributed by atoms with E-state index >= 15 is 0 Å². The van der Waals surface area contributed by atoms with Gasteiger partial charge >= 0.3 is 6.09 Å². The van der Waals surface area contributed by atoms with E-state index in [1.807, 2.05) is 13.8 Å². The van der Waals surface area contributed by atoms with Gasteiger partial charge in [-0.3, -0.25) is 4.99 Å². The molecule has 0 heterocycles. The van der Waals surface area contributed by atoms with E-state index in [4.69, 9.17) is 4.74 Å². The molecular formula is C15H33IN4O4S. The van der Waals surface area contributed by atoms with Crippen molar-refractivity contribution in [1.82, 2.24) is 16.0 Å². The third-order valence-electron chi connectivity index (χ3n) is 2.75. The van der Waals surface area contributed by atoms with Gasteiger partial charge in [-0.15, -0.1) is 24.0 Å². The molecule has 0 atom stereocenters. The van der Waals surface area contributed by atoms with Gasteiger partial charge in [-0.05, 0) is 41.0 Å². The highest BCUT2D eigenvalue weighted by molar-refractivity contribution is 14.0. The SMILES string of the molecule is CN=C(NCCCS(C)(=O)=O)NCC(C)(C)NC(=O)OC(C)(C)C.I. The Morgan fingerprint density at radius 2 is 1.68 bits per heavy atom. The Kier molecular flexibility index (Phi) is 11.7. The van der Waals surface area contributed by atoms with Gasteiger partial charge < -0.3 is 20.7 Å². The smallest absolute Gasteiger partial charge is 0.408 e. The van der Waals surface area contributed by atoms with E-state index in [-0.39, 0.29) is 29.7 Å². The number of carbonyl (C=O) groups excluding carboxylic acids is 1. The first-order valence-electron chi connectivity index (χ1n) is 7.87. The van der Waals surface area contributed by atoms with Crippen molar-refractivity contribution in [3.8, 4) is 0 Å². The molecule has 0 aromatic rings. The minimum absolute atomic E-state index is 0. The second kappa shape index (κ2) is 11.0. The van der Waals surface area contributed by atoms with E-state index < -0.39 is 27.1 Å². The predicted octanol–water partition coefficient (Wildman–Crippen LogP) is 1.51. The van der Waals surface area contributed by atoms with Crippen LogP contribution in [0.25, 0.3) is 0 Å². The molecule has 25 heavy (non-hydrogen) atoms. The number of hydrogen-bond acceptors (Lipinski definition) is 5. The standard InChI is InChI=1S/C15H32N4O4S.HI/c1-14(2,3)23-13(20)19-15(4,5)11-18-12(16-6)17-9-8-10-24(7,21)22;/h8-11H2,1-7H3,(H,19,20)(H2,16,17,18);1H. The van der Waals surface area contributed by atoms with Gasteiger partial charge in [-0.25, -0.2) is 13.2 Å². The van der Waals surface area contributed by atoms with E-state index in [0.29, 0.717) is 25.5 Å². The van der Waals surface area contributed by atoms with Crippen molar-refractivity contribution >= 4 is 45.9 Å². The van der Waals surface area contributed by atoms with Crippen LogP contribution in [0.5, 0.6) is 0 Å². The Labute approximate surface area is 168 Å². The summed E-state index contributed by atoms with van der Waals surface area (Å²) in [4.78, 5) is 15.9. The van der Waals surface area contributed by atoms with Crippen molar-refractivity contribution in [3.05, 3.63) is 0 Å². The number of hydrogen-bond donors (Lipinski definition) is 3. The third-order valence-corrected chi connectivity index (χ3v) is 3.78. The number of guanidine groups is 1. The van der Waals surface area contributed by atoms with Gasteiger partial charge in [0.25, 0.3) is 0 Å². The molecule has 0 aromatic heterocycles. The summed E-state index contributed by atoms with van der Waals surface area (Å²) < 4.78 is 27.4. The van der Waals surface area contributed by atoms with Crippen molar-refractivity contribution in [2.75, 3.05) is 32.1 Å². The van der Waals surface area contributed by atoms with Crippen LogP contribution >= 0.6 is 24.0 Å². The lowest BCUT2D eigenvalue weighted by Crippen LogP contribution is -2.54. The van der Waals surface area contributed by atoms with Crippen LogP contribution in [0.15, 0.2) is 4.99 Å². The van der Waals surface area contributed by atoms with Gasteiger partial charge in [0.2, 0.25) is 0 Å². The molecule has 0 aliphatic carbocycles. The normalized spacial score (nSPS) is 12.8. The number of amides is 1. The van der Waals surface area contributed by atoms with Crippen LogP contribution in [-0.4, -0.2) is 63.8 Å². The Morgan fingerprint density at radius 1 is 1.12 bits per heavy atom. The molecule has 0 rings (SSSR count). The zero-order valence-electron chi connectivity index (χ0n) is 16.2. The summed E-state index contributed by atoms with van der Waals surface area (Å²) in [5.74, 6) is 0.672. The fourth-order valence-corrected chi connectivity index (χ4v) is 2.36. The molecule has 0 aromatic carbocycles. The molecule has 0 aliphatic heterocycles. The molecule has 0 aliphatic rings. The molecule has 3 N–H and O–H groups in total. The monoisotopic (exact) mass is 492 g/mol. The Balaban J connectivity index is 0. The van der Waals surface area contributed by atoms with Crippen LogP contribution in [0.3, 0.4) is 0 Å². The summed E-state index contributed by atoms with van der Waals surface area (Å²) in [6, 6.07) is 0. The van der Waals surface area contributed by atoms with Crippen molar-refractivity contribution in [1.29, 1.82) is 0 Å². The topological polar surface area (TPSA) is 109 Å². The maximum Gasteiger partial charge on any atom is 0.408 e. The summed E-state index contributed by atoms with van der Waals surface area (Å²) in [5, 5.41) is 8.93. The van der Waals surface area contributed by atoms with Crippen LogP contribution in [0.4, 0.5) is 4.79 Å². The number of sulfone groups is 1. The van der Waals surface area contributed by atoms with Crippen molar-refractivity contribution in [2.24, 2.45) is 4.99 Å². The zero-order valence-corrected chi connectivity index (χ0v) is 19.4. The van der Waals surface area contributed by atoms with E-state index in [0.717, 1.165) is 0 Å². The van der Waals surface area contributed by atoms with E-state index in [1.54, 1.807) is 27.8 Å². The Bertz CT molecular complexity index is 542. The van der Waals surface area contributed by atoms with Crippen molar-refractivity contribution < 1.29 is 17.9 Å². The van der Waals surface area contributed by atoms with Crippen LogP contribution < -0.4 is 16.0 Å². The molecule has 0 spiro atoms. The number of rotatable bonds is 7. The molecule has 0 saturated heterocycles. The maximum absolute atomic E-state index is 11.8. The quantitative estimate of drug-likeness (QED) is 0.215. The minimum Gasteiger partial charge on any atom is -0.444 e. The average molecular weight is 492 g/mol. The number of nitrogens with zero attached hydrogens (tertiary/aromatic N) is 1. The fourth-order valence-electron chi connectivity index (χ4n) is 1.69. The highest BCUT2D eigenvalue weighted by Crippen LogP contribution is 2.09. The lowest BCUT2D eigenvalue weighted by Gasteiger charge is -2.29. The molecule has 0 unspecified atom stereocenters. The van der Waals surface area contributed by atoms with Gasteiger partial charge in [0.1, 0.15) is 15.4 Å². The van der Waals surface area contributed by atoms with Crippen molar-refractivity contribution in [2.45, 2.75) is 52.2 Å². The van der Waals surface area contributed by atoms with E-state index in [1.165, 1.54) is 6.26 Å². The van der Waals surface area contributed by atoms with E-state index in [2.05, 4.69) is 20.9 Å². The summed E-state index contributed by atoms with van der Waals surface area (Å²) in [7, 11) is -1.33. The Hall–Kier alpha value is -0.780. The summed E-state index contributed by atoms with van der Waals surface area (Å²) in [6.45, 7) is 10.1. The zero-order chi connectivity index (χ0) is 19.0. The number of nitrogens with one attached hydrogen (secondary N) is 3. The number of carbonyl (C=O) groups is 1. The van der Waals surface area contributed by atoms with Crippen LogP contribution in [-0.2, 0) is 14.6 Å². The van der Waals surface area contributed by atoms with E-state index in [9.17, 15) is 13.2 Å².